The third-order valence-electron chi connectivity index (χ3n) is 2.82. The average Bonchev–Trinajstić information content (AvgIpc) is 2.32. The molecule has 0 amide bonds. The second-order valence-corrected chi connectivity index (χ2v) is 4.90. The van der Waals surface area contributed by atoms with Crippen LogP contribution in [0.1, 0.15) is 11.1 Å². The van der Waals surface area contributed by atoms with E-state index in [1.54, 1.807) is 12.1 Å². The van der Waals surface area contributed by atoms with Crippen molar-refractivity contribution in [3.63, 3.8) is 0 Å². The highest BCUT2D eigenvalue weighted by Crippen LogP contribution is 2.15. The Bertz CT molecular complexity index is 510. The summed E-state index contributed by atoms with van der Waals surface area (Å²) >= 11 is 5.94. The molecule has 0 aromatic heterocycles. The first-order valence-electron chi connectivity index (χ1n) is 5.91. The van der Waals surface area contributed by atoms with Crippen molar-refractivity contribution in [1.82, 2.24) is 0 Å². The summed E-state index contributed by atoms with van der Waals surface area (Å²) in [6.07, 6.45) is 1.58. The van der Waals surface area contributed by atoms with Gasteiger partial charge in [0.1, 0.15) is 5.75 Å². The fourth-order valence-electron chi connectivity index (χ4n) is 1.97. The Hall–Kier alpha value is -1.51. The number of nitrogens with two attached hydrogens (primary N) is 1. The van der Waals surface area contributed by atoms with E-state index in [0.29, 0.717) is 0 Å². The average molecular weight is 262 g/mol. The molecule has 1 atom stereocenters. The summed E-state index contributed by atoms with van der Waals surface area (Å²) in [6, 6.07) is 15.0. The largest absolute Gasteiger partial charge is 0.508 e. The van der Waals surface area contributed by atoms with Crippen LogP contribution in [-0.4, -0.2) is 11.1 Å². The van der Waals surface area contributed by atoms with Crippen molar-refractivity contribution in [3.05, 3.63) is 64.7 Å². The Morgan fingerprint density at radius 2 is 1.67 bits per heavy atom. The standard InChI is InChI=1S/C15H16ClNO/c16-13-3-1-2-12(8-13)10-14(17)9-11-4-6-15(18)7-5-11/h1-8,14,18H,9-10,17H2. The minimum Gasteiger partial charge on any atom is -0.508 e. The summed E-state index contributed by atoms with van der Waals surface area (Å²) in [5, 5.41) is 9.95. The number of aromatic hydroxyl groups is 1. The molecule has 3 heteroatoms. The number of phenolic OH excluding ortho intramolecular Hbond substituents is 1. The van der Waals surface area contributed by atoms with Crippen LogP contribution in [0.15, 0.2) is 48.5 Å². The molecule has 0 aliphatic rings. The van der Waals surface area contributed by atoms with Crippen LogP contribution in [0.2, 0.25) is 5.02 Å². The molecule has 94 valence electrons. The molecule has 0 spiro atoms. The first-order valence-corrected chi connectivity index (χ1v) is 6.29. The van der Waals surface area contributed by atoms with Crippen molar-refractivity contribution in [2.75, 3.05) is 0 Å². The number of phenols is 1. The topological polar surface area (TPSA) is 46.2 Å². The van der Waals surface area contributed by atoms with E-state index in [-0.39, 0.29) is 11.8 Å². The minimum absolute atomic E-state index is 0.0491. The van der Waals surface area contributed by atoms with E-state index in [4.69, 9.17) is 17.3 Å². The molecule has 0 bridgehead atoms. The number of benzene rings is 2. The highest BCUT2D eigenvalue weighted by Gasteiger charge is 2.06. The van der Waals surface area contributed by atoms with E-state index >= 15 is 0 Å². The van der Waals surface area contributed by atoms with Crippen LogP contribution in [-0.2, 0) is 12.8 Å². The molecule has 2 nitrogen and oxygen atoms in total. The van der Waals surface area contributed by atoms with Crippen molar-refractivity contribution in [2.45, 2.75) is 18.9 Å². The summed E-state index contributed by atoms with van der Waals surface area (Å²) in [6.45, 7) is 0. The van der Waals surface area contributed by atoms with Gasteiger partial charge >= 0.3 is 0 Å². The third kappa shape index (κ3) is 3.76. The maximum Gasteiger partial charge on any atom is 0.115 e. The van der Waals surface area contributed by atoms with Gasteiger partial charge in [0.15, 0.2) is 0 Å². The van der Waals surface area contributed by atoms with Gasteiger partial charge in [0.25, 0.3) is 0 Å². The van der Waals surface area contributed by atoms with Crippen molar-refractivity contribution < 1.29 is 5.11 Å². The Morgan fingerprint density at radius 3 is 2.33 bits per heavy atom. The lowest BCUT2D eigenvalue weighted by atomic mass is 10.00. The van der Waals surface area contributed by atoms with Crippen molar-refractivity contribution in [1.29, 1.82) is 0 Å². The molecule has 0 saturated carbocycles. The van der Waals surface area contributed by atoms with Gasteiger partial charge in [-0.2, -0.15) is 0 Å². The van der Waals surface area contributed by atoms with Crippen LogP contribution in [0.25, 0.3) is 0 Å². The third-order valence-corrected chi connectivity index (χ3v) is 3.06. The Balaban J connectivity index is 1.96. The normalized spacial score (nSPS) is 12.3. The highest BCUT2D eigenvalue weighted by atomic mass is 35.5. The summed E-state index contributed by atoms with van der Waals surface area (Å²) in [5.74, 6) is 0.280. The van der Waals surface area contributed by atoms with Crippen LogP contribution >= 0.6 is 11.6 Å². The van der Waals surface area contributed by atoms with Gasteiger partial charge in [-0.05, 0) is 48.2 Å². The van der Waals surface area contributed by atoms with Crippen LogP contribution in [0.4, 0.5) is 0 Å². The summed E-state index contributed by atoms with van der Waals surface area (Å²) < 4.78 is 0. The number of hydrogen-bond donors (Lipinski definition) is 2. The quantitative estimate of drug-likeness (QED) is 0.888. The van der Waals surface area contributed by atoms with Gasteiger partial charge in [-0.25, -0.2) is 0 Å². The number of rotatable bonds is 4. The first kappa shape index (κ1) is 12.9. The van der Waals surface area contributed by atoms with Crippen molar-refractivity contribution >= 4 is 11.6 Å². The van der Waals surface area contributed by atoms with E-state index < -0.39 is 0 Å². The predicted molar refractivity (Wildman–Crippen MR) is 74.9 cm³/mol. The molecule has 0 aliphatic carbocycles. The van der Waals surface area contributed by atoms with Gasteiger partial charge in [0.05, 0.1) is 0 Å². The van der Waals surface area contributed by atoms with E-state index in [2.05, 4.69) is 0 Å². The molecular weight excluding hydrogens is 246 g/mol. The summed E-state index contributed by atoms with van der Waals surface area (Å²) in [5.41, 5.74) is 8.39. The molecule has 0 heterocycles. The van der Waals surface area contributed by atoms with E-state index in [0.717, 1.165) is 29.0 Å². The Morgan fingerprint density at radius 1 is 1.00 bits per heavy atom. The second-order valence-electron chi connectivity index (χ2n) is 4.46. The smallest absolute Gasteiger partial charge is 0.115 e. The molecule has 0 radical (unpaired) electrons. The SMILES string of the molecule is NC(Cc1ccc(O)cc1)Cc1cccc(Cl)c1. The Labute approximate surface area is 112 Å². The predicted octanol–water partition coefficient (Wildman–Crippen LogP) is 3.16. The van der Waals surface area contributed by atoms with Gasteiger partial charge in [-0.15, -0.1) is 0 Å². The van der Waals surface area contributed by atoms with Crippen LogP contribution in [0, 0.1) is 0 Å². The van der Waals surface area contributed by atoms with E-state index in [9.17, 15) is 5.11 Å². The summed E-state index contributed by atoms with van der Waals surface area (Å²) in [4.78, 5) is 0. The van der Waals surface area contributed by atoms with E-state index in [1.165, 1.54) is 0 Å². The molecule has 0 aliphatic heterocycles. The first-order chi connectivity index (χ1) is 8.63. The lowest BCUT2D eigenvalue weighted by Gasteiger charge is -2.12. The molecule has 1 unspecified atom stereocenters. The summed E-state index contributed by atoms with van der Waals surface area (Å²) in [7, 11) is 0. The molecule has 0 fully saturated rings. The monoisotopic (exact) mass is 261 g/mol. The molecule has 0 saturated heterocycles. The molecule has 3 N–H and O–H groups in total. The maximum atomic E-state index is 9.21. The molecule has 2 aromatic carbocycles. The second kappa shape index (κ2) is 5.89. The van der Waals surface area contributed by atoms with Crippen LogP contribution < -0.4 is 5.73 Å². The number of halogens is 1. The van der Waals surface area contributed by atoms with Gasteiger partial charge < -0.3 is 10.8 Å². The van der Waals surface area contributed by atoms with Crippen molar-refractivity contribution in [2.24, 2.45) is 5.73 Å². The fraction of sp³-hybridized carbons (Fsp3) is 0.200. The maximum absolute atomic E-state index is 9.21. The number of hydrogen-bond acceptors (Lipinski definition) is 2. The molecule has 2 aromatic rings. The fourth-order valence-corrected chi connectivity index (χ4v) is 2.19. The van der Waals surface area contributed by atoms with Crippen molar-refractivity contribution in [3.8, 4) is 5.75 Å². The Kier molecular flexibility index (Phi) is 4.24. The molecule has 2 rings (SSSR count). The lowest BCUT2D eigenvalue weighted by Crippen LogP contribution is -2.25. The zero-order valence-corrected chi connectivity index (χ0v) is 10.8. The van der Waals surface area contributed by atoms with E-state index in [1.807, 2.05) is 36.4 Å². The lowest BCUT2D eigenvalue weighted by molar-refractivity contribution is 0.475. The van der Waals surface area contributed by atoms with Gasteiger partial charge in [0, 0.05) is 11.1 Å². The molecule has 18 heavy (non-hydrogen) atoms. The highest BCUT2D eigenvalue weighted by molar-refractivity contribution is 6.30. The zero-order valence-electron chi connectivity index (χ0n) is 10.0. The minimum atomic E-state index is 0.0491. The van der Waals surface area contributed by atoms with Gasteiger partial charge in [0.2, 0.25) is 0 Å². The van der Waals surface area contributed by atoms with Crippen LogP contribution in [0.5, 0.6) is 5.75 Å². The van der Waals surface area contributed by atoms with Gasteiger partial charge in [-0.3, -0.25) is 0 Å². The zero-order chi connectivity index (χ0) is 13.0. The van der Waals surface area contributed by atoms with Gasteiger partial charge in [-0.1, -0.05) is 35.9 Å². The van der Waals surface area contributed by atoms with Crippen LogP contribution in [0.3, 0.4) is 0 Å². The molecular formula is C15H16ClNO.